The number of carbonyl (C=O) groups excluding carboxylic acids is 1. The number of rotatable bonds is 5. The first-order chi connectivity index (χ1) is 14.0. The maximum atomic E-state index is 13.6. The fraction of sp³-hybridized carbons (Fsp3) is 0.250. The van der Waals surface area contributed by atoms with E-state index in [1.807, 2.05) is 0 Å². The third kappa shape index (κ3) is 3.63. The molecule has 1 amide bonds. The van der Waals surface area contributed by atoms with Crippen LogP contribution in [0, 0.1) is 5.82 Å². The van der Waals surface area contributed by atoms with E-state index in [1.165, 1.54) is 30.2 Å². The number of hydrogen-bond donors (Lipinski definition) is 0. The molecule has 3 aromatic rings. The average Bonchev–Trinajstić information content (AvgIpc) is 3.36. The van der Waals surface area contributed by atoms with Crippen LogP contribution in [0.4, 0.5) is 10.1 Å². The summed E-state index contributed by atoms with van der Waals surface area (Å²) in [6.07, 6.45) is 0.178. The van der Waals surface area contributed by atoms with E-state index in [9.17, 15) is 9.18 Å². The molecule has 1 saturated heterocycles. The van der Waals surface area contributed by atoms with Crippen LogP contribution in [0.25, 0.3) is 11.5 Å². The number of hydrogen-bond acceptors (Lipinski definition) is 6. The van der Waals surface area contributed by atoms with Crippen LogP contribution in [0.2, 0.25) is 5.02 Å². The van der Waals surface area contributed by atoms with E-state index in [0.717, 1.165) is 0 Å². The molecule has 1 aliphatic rings. The molecule has 9 heteroatoms. The molecule has 0 radical (unpaired) electrons. The van der Waals surface area contributed by atoms with E-state index in [2.05, 4.69) is 10.1 Å². The summed E-state index contributed by atoms with van der Waals surface area (Å²) in [5.74, 6) is 0.886. The van der Waals surface area contributed by atoms with Crippen molar-refractivity contribution in [3.63, 3.8) is 0 Å². The number of carbonyl (C=O) groups is 1. The van der Waals surface area contributed by atoms with Crippen molar-refractivity contribution >= 4 is 23.2 Å². The second kappa shape index (κ2) is 7.71. The number of benzene rings is 2. The summed E-state index contributed by atoms with van der Waals surface area (Å²) in [4.78, 5) is 18.4. The summed E-state index contributed by atoms with van der Waals surface area (Å²) < 4.78 is 29.5. The Labute approximate surface area is 171 Å². The quantitative estimate of drug-likeness (QED) is 0.622. The summed E-state index contributed by atoms with van der Waals surface area (Å²) >= 11 is 6.14. The minimum Gasteiger partial charge on any atom is -0.493 e. The van der Waals surface area contributed by atoms with Crippen molar-refractivity contribution in [3.05, 3.63) is 53.1 Å². The zero-order valence-electron chi connectivity index (χ0n) is 15.7. The lowest BCUT2D eigenvalue weighted by atomic mass is 10.1. The highest BCUT2D eigenvalue weighted by Gasteiger charge is 2.35. The molecule has 4 rings (SSSR count). The first-order valence-corrected chi connectivity index (χ1v) is 9.19. The highest BCUT2D eigenvalue weighted by atomic mass is 35.5. The average molecular weight is 418 g/mol. The third-order valence-electron chi connectivity index (χ3n) is 4.76. The zero-order chi connectivity index (χ0) is 20.5. The lowest BCUT2D eigenvalue weighted by Crippen LogP contribution is -2.24. The van der Waals surface area contributed by atoms with Gasteiger partial charge in [0.2, 0.25) is 5.91 Å². The molecule has 0 saturated carbocycles. The van der Waals surface area contributed by atoms with E-state index in [-0.39, 0.29) is 24.8 Å². The summed E-state index contributed by atoms with van der Waals surface area (Å²) in [6.45, 7) is 0.285. The SMILES string of the molecule is COc1ccc(-c2nc(C3CC(=O)N(c4cc(F)ccc4Cl)C3)no2)cc1OC. The molecule has 1 unspecified atom stereocenters. The first kappa shape index (κ1) is 19.2. The van der Waals surface area contributed by atoms with Crippen LogP contribution in [-0.2, 0) is 4.79 Å². The van der Waals surface area contributed by atoms with Gasteiger partial charge in [-0.15, -0.1) is 0 Å². The van der Waals surface area contributed by atoms with Crippen molar-refractivity contribution in [2.24, 2.45) is 0 Å². The van der Waals surface area contributed by atoms with Gasteiger partial charge in [0.1, 0.15) is 5.82 Å². The Kier molecular flexibility index (Phi) is 5.10. The number of aromatic nitrogens is 2. The number of halogens is 2. The highest BCUT2D eigenvalue weighted by Crippen LogP contribution is 2.36. The minimum absolute atomic E-state index is 0.178. The second-order valence-electron chi connectivity index (χ2n) is 6.53. The van der Waals surface area contributed by atoms with E-state index in [1.54, 1.807) is 25.3 Å². The van der Waals surface area contributed by atoms with Crippen LogP contribution in [0.1, 0.15) is 18.2 Å². The second-order valence-corrected chi connectivity index (χ2v) is 6.94. The number of anilines is 1. The Morgan fingerprint density at radius 1 is 1.17 bits per heavy atom. The van der Waals surface area contributed by atoms with Gasteiger partial charge in [-0.25, -0.2) is 4.39 Å². The molecule has 29 heavy (non-hydrogen) atoms. The Bertz CT molecular complexity index is 1070. The predicted molar refractivity (Wildman–Crippen MR) is 104 cm³/mol. The van der Waals surface area contributed by atoms with E-state index >= 15 is 0 Å². The molecular formula is C20H17ClFN3O4. The lowest BCUT2D eigenvalue weighted by molar-refractivity contribution is -0.117. The van der Waals surface area contributed by atoms with Gasteiger partial charge in [0.05, 0.1) is 24.9 Å². The maximum absolute atomic E-state index is 13.6. The number of ether oxygens (including phenoxy) is 2. The van der Waals surface area contributed by atoms with Gasteiger partial charge < -0.3 is 18.9 Å². The van der Waals surface area contributed by atoms with Gasteiger partial charge in [0.15, 0.2) is 17.3 Å². The van der Waals surface area contributed by atoms with E-state index < -0.39 is 5.82 Å². The molecular weight excluding hydrogens is 401 g/mol. The van der Waals surface area contributed by atoms with Crippen LogP contribution in [-0.4, -0.2) is 36.8 Å². The Hall–Kier alpha value is -3.13. The molecule has 7 nitrogen and oxygen atoms in total. The van der Waals surface area contributed by atoms with Crippen LogP contribution < -0.4 is 14.4 Å². The third-order valence-corrected chi connectivity index (χ3v) is 5.08. The highest BCUT2D eigenvalue weighted by molar-refractivity contribution is 6.33. The molecule has 2 aromatic carbocycles. The fourth-order valence-corrected chi connectivity index (χ4v) is 3.51. The van der Waals surface area contributed by atoms with Crippen molar-refractivity contribution < 1.29 is 23.2 Å². The smallest absolute Gasteiger partial charge is 0.258 e. The Morgan fingerprint density at radius 2 is 1.97 bits per heavy atom. The lowest BCUT2D eigenvalue weighted by Gasteiger charge is -2.17. The van der Waals surface area contributed by atoms with Gasteiger partial charge in [0, 0.05) is 24.4 Å². The van der Waals surface area contributed by atoms with E-state index in [0.29, 0.717) is 39.5 Å². The van der Waals surface area contributed by atoms with Crippen LogP contribution in [0.3, 0.4) is 0 Å². The maximum Gasteiger partial charge on any atom is 0.258 e. The zero-order valence-corrected chi connectivity index (χ0v) is 16.4. The monoisotopic (exact) mass is 417 g/mol. The van der Waals surface area contributed by atoms with Crippen LogP contribution >= 0.6 is 11.6 Å². The minimum atomic E-state index is -0.462. The molecule has 0 spiro atoms. The van der Waals surface area contributed by atoms with Crippen molar-refractivity contribution in [3.8, 4) is 23.0 Å². The van der Waals surface area contributed by atoms with Crippen molar-refractivity contribution in [2.75, 3.05) is 25.7 Å². The topological polar surface area (TPSA) is 77.7 Å². The molecule has 0 aliphatic carbocycles. The molecule has 1 fully saturated rings. The standard InChI is InChI=1S/C20H17ClFN3O4/c1-27-16-6-3-11(7-17(16)28-2)20-23-19(24-29-20)12-8-18(26)25(10-12)15-9-13(22)4-5-14(15)21/h3-7,9,12H,8,10H2,1-2H3. The molecule has 2 heterocycles. The van der Waals surface area contributed by atoms with Gasteiger partial charge in [0.25, 0.3) is 5.89 Å². The molecule has 1 aliphatic heterocycles. The van der Waals surface area contributed by atoms with Gasteiger partial charge in [-0.05, 0) is 36.4 Å². The largest absolute Gasteiger partial charge is 0.493 e. The van der Waals surface area contributed by atoms with Crippen LogP contribution in [0.15, 0.2) is 40.9 Å². The van der Waals surface area contributed by atoms with Gasteiger partial charge >= 0.3 is 0 Å². The molecule has 1 atom stereocenters. The van der Waals surface area contributed by atoms with Gasteiger partial charge in [-0.3, -0.25) is 4.79 Å². The first-order valence-electron chi connectivity index (χ1n) is 8.81. The predicted octanol–water partition coefficient (Wildman–Crippen LogP) is 4.07. The molecule has 1 aromatic heterocycles. The number of methoxy groups -OCH3 is 2. The fourth-order valence-electron chi connectivity index (χ4n) is 3.29. The van der Waals surface area contributed by atoms with Crippen molar-refractivity contribution in [1.82, 2.24) is 10.1 Å². The number of nitrogens with zero attached hydrogens (tertiary/aromatic N) is 3. The summed E-state index contributed by atoms with van der Waals surface area (Å²) in [5.41, 5.74) is 0.999. The van der Waals surface area contributed by atoms with Crippen molar-refractivity contribution in [1.29, 1.82) is 0 Å². The molecule has 0 N–H and O–H groups in total. The number of amides is 1. The molecule has 0 bridgehead atoms. The summed E-state index contributed by atoms with van der Waals surface area (Å²) in [7, 11) is 3.09. The van der Waals surface area contributed by atoms with Gasteiger partial charge in [-0.1, -0.05) is 16.8 Å². The van der Waals surface area contributed by atoms with E-state index in [4.69, 9.17) is 25.6 Å². The van der Waals surface area contributed by atoms with Gasteiger partial charge in [-0.2, -0.15) is 4.98 Å². The normalized spacial score (nSPS) is 16.3. The van der Waals surface area contributed by atoms with Crippen molar-refractivity contribution in [2.45, 2.75) is 12.3 Å². The summed E-state index contributed by atoms with van der Waals surface area (Å²) in [6, 6.07) is 9.17. The summed E-state index contributed by atoms with van der Waals surface area (Å²) in [5, 5.41) is 4.34. The molecule has 150 valence electrons. The van der Waals surface area contributed by atoms with Crippen LogP contribution in [0.5, 0.6) is 11.5 Å². The Morgan fingerprint density at radius 3 is 2.72 bits per heavy atom. The Balaban J connectivity index is 1.58.